The quantitative estimate of drug-likeness (QED) is 0.861. The monoisotopic (exact) mass is 261 g/mol. The van der Waals surface area contributed by atoms with E-state index in [1.165, 1.54) is 0 Å². The molecule has 0 radical (unpaired) electrons. The van der Waals surface area contributed by atoms with Crippen LogP contribution >= 0.6 is 0 Å². The highest BCUT2D eigenvalue weighted by atomic mass is 16.4. The van der Waals surface area contributed by atoms with Crippen molar-refractivity contribution in [1.29, 1.82) is 0 Å². The molecule has 0 aromatic heterocycles. The van der Waals surface area contributed by atoms with Crippen molar-refractivity contribution in [3.8, 4) is 0 Å². The van der Waals surface area contributed by atoms with Crippen molar-refractivity contribution in [3.05, 3.63) is 35.9 Å². The zero-order valence-corrected chi connectivity index (χ0v) is 10.4. The molecule has 0 unspecified atom stereocenters. The number of ketones is 1. The summed E-state index contributed by atoms with van der Waals surface area (Å²) in [6, 6.07) is 8.46. The number of Topliss-reactive ketones (excluding diaryl/α,β-unsaturated/α-hetero) is 1. The van der Waals surface area contributed by atoms with Gasteiger partial charge in [-0.25, -0.2) is 4.79 Å². The van der Waals surface area contributed by atoms with Gasteiger partial charge in [-0.2, -0.15) is 0 Å². The Labute approximate surface area is 110 Å². The van der Waals surface area contributed by atoms with E-state index < -0.39 is 17.4 Å². The minimum absolute atomic E-state index is 0.0471. The molecule has 5 heteroatoms. The summed E-state index contributed by atoms with van der Waals surface area (Å²) in [4.78, 5) is 34.7. The number of carbonyl (C=O) groups excluding carboxylic acids is 2. The van der Waals surface area contributed by atoms with Gasteiger partial charge < -0.3 is 10.4 Å². The van der Waals surface area contributed by atoms with Gasteiger partial charge in [0, 0.05) is 18.4 Å². The van der Waals surface area contributed by atoms with Crippen LogP contribution in [0.3, 0.4) is 0 Å². The van der Waals surface area contributed by atoms with E-state index in [1.807, 2.05) is 0 Å². The summed E-state index contributed by atoms with van der Waals surface area (Å²) < 4.78 is 0. The maximum absolute atomic E-state index is 12.0. The van der Waals surface area contributed by atoms with Crippen molar-refractivity contribution in [2.45, 2.75) is 31.2 Å². The zero-order valence-electron chi connectivity index (χ0n) is 10.4. The molecule has 0 aliphatic heterocycles. The average Bonchev–Trinajstić information content (AvgIpc) is 2.42. The van der Waals surface area contributed by atoms with Gasteiger partial charge in [-0.05, 0) is 25.0 Å². The maximum Gasteiger partial charge on any atom is 0.329 e. The topological polar surface area (TPSA) is 83.5 Å². The van der Waals surface area contributed by atoms with Crippen LogP contribution in [0.4, 0.5) is 0 Å². The Kier molecular flexibility index (Phi) is 3.64. The molecule has 0 bridgehead atoms. The highest BCUT2D eigenvalue weighted by molar-refractivity contribution is 5.98. The zero-order chi connectivity index (χ0) is 13.9. The fraction of sp³-hybridized carbons (Fsp3) is 0.357. The van der Waals surface area contributed by atoms with E-state index in [1.54, 1.807) is 30.3 Å². The number of carboxylic acid groups (broad SMARTS) is 1. The Morgan fingerprint density at radius 1 is 1.11 bits per heavy atom. The molecule has 0 heterocycles. The number of amides is 1. The molecule has 5 nitrogen and oxygen atoms in total. The molecular formula is C14H15NO4. The van der Waals surface area contributed by atoms with Gasteiger partial charge in [0.1, 0.15) is 11.3 Å². The van der Waals surface area contributed by atoms with Crippen LogP contribution in [0, 0.1) is 0 Å². The number of carbonyl (C=O) groups is 3. The highest BCUT2D eigenvalue weighted by Crippen LogP contribution is 2.27. The molecule has 1 aliphatic carbocycles. The van der Waals surface area contributed by atoms with Crippen LogP contribution in [0.25, 0.3) is 0 Å². The third-order valence-corrected chi connectivity index (χ3v) is 3.46. The van der Waals surface area contributed by atoms with Gasteiger partial charge in [0.05, 0.1) is 0 Å². The van der Waals surface area contributed by atoms with Crippen LogP contribution in [-0.4, -0.2) is 28.3 Å². The maximum atomic E-state index is 12.0. The highest BCUT2D eigenvalue weighted by Gasteiger charge is 2.43. The smallest absolute Gasteiger partial charge is 0.329 e. The minimum atomic E-state index is -1.32. The molecule has 0 saturated heterocycles. The van der Waals surface area contributed by atoms with Crippen LogP contribution in [0.15, 0.2) is 30.3 Å². The molecule has 19 heavy (non-hydrogen) atoms. The summed E-state index contributed by atoms with van der Waals surface area (Å²) in [5.74, 6) is -1.45. The first kappa shape index (κ1) is 13.3. The standard InChI is InChI=1S/C14H15NO4/c16-11-6-8-14(9-7-11,13(18)19)15-12(17)10-4-2-1-3-5-10/h1-5H,6-9H2,(H,15,17)(H,18,19). The van der Waals surface area contributed by atoms with Gasteiger partial charge in [-0.3, -0.25) is 9.59 Å². The van der Waals surface area contributed by atoms with Gasteiger partial charge in [0.2, 0.25) is 0 Å². The van der Waals surface area contributed by atoms with E-state index in [0.717, 1.165) is 0 Å². The Hall–Kier alpha value is -2.17. The first-order valence-corrected chi connectivity index (χ1v) is 6.16. The van der Waals surface area contributed by atoms with Crippen molar-refractivity contribution < 1.29 is 19.5 Å². The van der Waals surface area contributed by atoms with Gasteiger partial charge in [-0.15, -0.1) is 0 Å². The van der Waals surface area contributed by atoms with Crippen molar-refractivity contribution >= 4 is 17.7 Å². The lowest BCUT2D eigenvalue weighted by Gasteiger charge is -2.33. The number of rotatable bonds is 3. The molecule has 0 atom stereocenters. The molecule has 1 aromatic carbocycles. The van der Waals surface area contributed by atoms with Crippen LogP contribution in [0.2, 0.25) is 0 Å². The van der Waals surface area contributed by atoms with E-state index in [-0.39, 0.29) is 31.5 Å². The predicted octanol–water partition coefficient (Wildman–Crippen LogP) is 1.38. The fourth-order valence-electron chi connectivity index (χ4n) is 2.23. The van der Waals surface area contributed by atoms with Crippen molar-refractivity contribution in [2.24, 2.45) is 0 Å². The molecule has 2 N–H and O–H groups in total. The third kappa shape index (κ3) is 2.81. The second kappa shape index (κ2) is 5.22. The number of hydrogen-bond acceptors (Lipinski definition) is 3. The summed E-state index contributed by atoms with van der Waals surface area (Å²) in [7, 11) is 0. The lowest BCUT2D eigenvalue weighted by molar-refractivity contribution is -0.146. The number of nitrogens with one attached hydrogen (secondary N) is 1. The molecular weight excluding hydrogens is 246 g/mol. The predicted molar refractivity (Wildman–Crippen MR) is 67.8 cm³/mol. The Morgan fingerprint density at radius 2 is 1.68 bits per heavy atom. The first-order chi connectivity index (χ1) is 9.03. The van der Waals surface area contributed by atoms with Crippen LogP contribution in [0.5, 0.6) is 0 Å². The van der Waals surface area contributed by atoms with E-state index in [2.05, 4.69) is 5.32 Å². The summed E-state index contributed by atoms with van der Waals surface area (Å²) in [6.07, 6.45) is 0.697. The second-order valence-electron chi connectivity index (χ2n) is 4.75. The molecule has 2 rings (SSSR count). The van der Waals surface area contributed by atoms with E-state index in [0.29, 0.717) is 5.56 Å². The second-order valence-corrected chi connectivity index (χ2v) is 4.75. The number of carboxylic acids is 1. The summed E-state index contributed by atoms with van der Waals surface area (Å²) in [5, 5.41) is 11.9. The van der Waals surface area contributed by atoms with E-state index >= 15 is 0 Å². The van der Waals surface area contributed by atoms with Crippen LogP contribution in [-0.2, 0) is 9.59 Å². The fourth-order valence-corrected chi connectivity index (χ4v) is 2.23. The lowest BCUT2D eigenvalue weighted by Crippen LogP contribution is -2.56. The lowest BCUT2D eigenvalue weighted by atomic mass is 9.81. The van der Waals surface area contributed by atoms with E-state index in [4.69, 9.17) is 0 Å². The summed E-state index contributed by atoms with van der Waals surface area (Å²) >= 11 is 0. The molecule has 100 valence electrons. The van der Waals surface area contributed by atoms with Gasteiger partial charge in [0.25, 0.3) is 5.91 Å². The van der Waals surface area contributed by atoms with Crippen molar-refractivity contribution in [1.82, 2.24) is 5.32 Å². The third-order valence-electron chi connectivity index (χ3n) is 3.46. The van der Waals surface area contributed by atoms with Crippen LogP contribution in [0.1, 0.15) is 36.0 Å². The van der Waals surface area contributed by atoms with Gasteiger partial charge in [0.15, 0.2) is 0 Å². The first-order valence-electron chi connectivity index (χ1n) is 6.16. The molecule has 1 fully saturated rings. The van der Waals surface area contributed by atoms with Crippen molar-refractivity contribution in [2.75, 3.05) is 0 Å². The molecule has 1 saturated carbocycles. The Bertz CT molecular complexity index is 499. The van der Waals surface area contributed by atoms with E-state index in [9.17, 15) is 19.5 Å². The van der Waals surface area contributed by atoms with Gasteiger partial charge in [-0.1, -0.05) is 18.2 Å². The molecule has 1 amide bonds. The average molecular weight is 261 g/mol. The van der Waals surface area contributed by atoms with Crippen molar-refractivity contribution in [3.63, 3.8) is 0 Å². The normalized spacial score (nSPS) is 17.8. The Balaban J connectivity index is 2.16. The number of benzene rings is 1. The van der Waals surface area contributed by atoms with Gasteiger partial charge >= 0.3 is 5.97 Å². The number of aliphatic carboxylic acids is 1. The minimum Gasteiger partial charge on any atom is -0.480 e. The molecule has 1 aromatic rings. The molecule has 1 aliphatic rings. The summed E-state index contributed by atoms with van der Waals surface area (Å²) in [5.41, 5.74) is -0.902. The summed E-state index contributed by atoms with van der Waals surface area (Å²) in [6.45, 7) is 0. The molecule has 0 spiro atoms. The van der Waals surface area contributed by atoms with Crippen LogP contribution < -0.4 is 5.32 Å². The SMILES string of the molecule is O=C1CCC(NC(=O)c2ccccc2)(C(=O)O)CC1. The Morgan fingerprint density at radius 3 is 2.21 bits per heavy atom. The number of hydrogen-bond donors (Lipinski definition) is 2. The largest absolute Gasteiger partial charge is 0.480 e.